The molecule has 9 aromatic carbocycles. The number of hydrogen-bond donors (Lipinski definition) is 0. The second-order valence-corrected chi connectivity index (χ2v) is 18.1. The van der Waals surface area contributed by atoms with Crippen LogP contribution >= 0.6 is 0 Å². The predicted molar refractivity (Wildman–Crippen MR) is 274 cm³/mol. The lowest BCUT2D eigenvalue weighted by Crippen LogP contribution is -2.00. The van der Waals surface area contributed by atoms with Crippen LogP contribution in [0.5, 0.6) is 0 Å². The minimum atomic E-state index is 0.507. The molecule has 0 bridgehead atoms. The van der Waals surface area contributed by atoms with E-state index in [4.69, 9.17) is 14.4 Å². The summed E-state index contributed by atoms with van der Waals surface area (Å²) in [5.41, 5.74) is 21.1. The van der Waals surface area contributed by atoms with Gasteiger partial charge in [-0.15, -0.1) is 0 Å². The zero-order valence-electron chi connectivity index (χ0n) is 37.0. The lowest BCUT2D eigenvalue weighted by molar-refractivity contribution is 0.670. The molecule has 0 fully saturated rings. The molecule has 1 atom stereocenters. The van der Waals surface area contributed by atoms with Crippen LogP contribution in [0.25, 0.3) is 116 Å². The van der Waals surface area contributed by atoms with Gasteiger partial charge in [-0.3, -0.25) is 4.98 Å². The fraction of sp³-hybridized carbons (Fsp3) is 0.0968. The van der Waals surface area contributed by atoms with E-state index in [1.54, 1.807) is 0 Å². The molecule has 2 heterocycles. The highest BCUT2D eigenvalue weighted by Gasteiger charge is 2.19. The molecule has 12 rings (SSSR count). The van der Waals surface area contributed by atoms with E-state index in [1.165, 1.54) is 60.9 Å². The first-order chi connectivity index (χ1) is 31.8. The Morgan fingerprint density at radius 2 is 1.03 bits per heavy atom. The average Bonchev–Trinajstić information content (AvgIpc) is 3.71. The lowest BCUT2D eigenvalue weighted by Gasteiger charge is -2.18. The molecule has 3 nitrogen and oxygen atoms in total. The van der Waals surface area contributed by atoms with Crippen LogP contribution in [0.3, 0.4) is 0 Å². The molecular formula is C62H46N2O. The standard InChI is InChI=1S/C62H46N2O/c1-37-24-38(2)27-48(26-37)42-13-9-12-41(30-42)45-22-23-59-56(33-45)57-35-50(44-15-10-14-43(31-44)49-28-39(3)25-40(4)29-49)34-55(62(57)65-59)46-16-11-17-47(32-46)58-36-63-60-53-20-7-5-18-51(53)52-19-6-8-21-54(52)61(60)64-58/h5-28,30-36,40H,29H2,1-4H3. The Balaban J connectivity index is 1.03. The van der Waals surface area contributed by atoms with E-state index < -0.39 is 0 Å². The van der Waals surface area contributed by atoms with Crippen molar-refractivity contribution in [2.45, 2.75) is 34.1 Å². The van der Waals surface area contributed by atoms with Crippen molar-refractivity contribution < 1.29 is 4.42 Å². The van der Waals surface area contributed by atoms with E-state index in [0.29, 0.717) is 5.92 Å². The van der Waals surface area contributed by atoms with Crippen molar-refractivity contribution >= 4 is 60.1 Å². The number of aryl methyl sites for hydroxylation is 2. The molecule has 65 heavy (non-hydrogen) atoms. The van der Waals surface area contributed by atoms with Crippen molar-refractivity contribution in [1.29, 1.82) is 0 Å². The summed E-state index contributed by atoms with van der Waals surface area (Å²) in [5, 5.41) is 6.77. The monoisotopic (exact) mass is 834 g/mol. The average molecular weight is 835 g/mol. The Kier molecular flexibility index (Phi) is 9.20. The van der Waals surface area contributed by atoms with Gasteiger partial charge in [0.05, 0.1) is 22.9 Å². The molecule has 0 amide bonds. The number of allylic oxidation sites excluding steroid dienone is 4. The first-order valence-electron chi connectivity index (χ1n) is 22.7. The highest BCUT2D eigenvalue weighted by Crippen LogP contribution is 2.43. The zero-order chi connectivity index (χ0) is 43.8. The number of benzene rings is 9. The number of furan rings is 1. The summed E-state index contributed by atoms with van der Waals surface area (Å²) in [6.45, 7) is 8.85. The molecule has 1 unspecified atom stereocenters. The van der Waals surface area contributed by atoms with Gasteiger partial charge in [0.15, 0.2) is 0 Å². The van der Waals surface area contributed by atoms with Gasteiger partial charge >= 0.3 is 0 Å². The maximum atomic E-state index is 6.93. The first kappa shape index (κ1) is 38.8. The molecule has 0 saturated heterocycles. The molecule has 11 aromatic rings. The molecule has 2 aromatic heterocycles. The van der Waals surface area contributed by atoms with Crippen molar-refractivity contribution in [1.82, 2.24) is 9.97 Å². The van der Waals surface area contributed by atoms with E-state index >= 15 is 0 Å². The Morgan fingerprint density at radius 3 is 1.75 bits per heavy atom. The number of rotatable bonds is 6. The molecule has 1 aliphatic carbocycles. The fourth-order valence-corrected chi connectivity index (χ4v) is 10.4. The van der Waals surface area contributed by atoms with Crippen LogP contribution in [-0.4, -0.2) is 9.97 Å². The Labute approximate surface area is 379 Å². The van der Waals surface area contributed by atoms with Crippen LogP contribution in [0, 0.1) is 19.8 Å². The Morgan fingerprint density at radius 1 is 0.462 bits per heavy atom. The maximum Gasteiger partial charge on any atom is 0.143 e. The van der Waals surface area contributed by atoms with Crippen molar-refractivity contribution in [2.75, 3.05) is 0 Å². The van der Waals surface area contributed by atoms with Crippen LogP contribution in [0.1, 0.15) is 37.0 Å². The second kappa shape index (κ2) is 15.4. The largest absolute Gasteiger partial charge is 0.455 e. The Hall–Kier alpha value is -7.88. The fourth-order valence-electron chi connectivity index (χ4n) is 10.4. The van der Waals surface area contributed by atoms with Crippen LogP contribution in [-0.2, 0) is 0 Å². The zero-order valence-corrected chi connectivity index (χ0v) is 37.0. The summed E-state index contributed by atoms with van der Waals surface area (Å²) in [6, 6.07) is 61.7. The van der Waals surface area contributed by atoms with Gasteiger partial charge in [0.2, 0.25) is 0 Å². The van der Waals surface area contributed by atoms with E-state index in [0.717, 1.165) is 83.7 Å². The van der Waals surface area contributed by atoms with Gasteiger partial charge in [0, 0.05) is 32.7 Å². The molecule has 310 valence electrons. The second-order valence-electron chi connectivity index (χ2n) is 18.1. The van der Waals surface area contributed by atoms with E-state index in [1.807, 2.05) is 6.20 Å². The molecule has 0 saturated carbocycles. The SMILES string of the molecule is CC1=CC(C)CC(c2cccc(-c3cc(-c4cccc(-c5cnc6c7ccccc7c7ccccc7c6n5)c4)c4oc5ccc(-c6cccc(-c7cc(C)cc(C)c7)c6)cc5c4c3)c2)=C1. The third kappa shape index (κ3) is 6.92. The third-order valence-electron chi connectivity index (χ3n) is 13.3. The Bertz CT molecular complexity index is 3750. The summed E-state index contributed by atoms with van der Waals surface area (Å²) >= 11 is 0. The number of aromatic nitrogens is 2. The summed E-state index contributed by atoms with van der Waals surface area (Å²) in [7, 11) is 0. The quantitative estimate of drug-likeness (QED) is 0.157. The van der Waals surface area contributed by atoms with E-state index in [2.05, 4.69) is 210 Å². The number of fused-ring (bicyclic) bond motifs is 9. The summed E-state index contributed by atoms with van der Waals surface area (Å²) < 4.78 is 6.93. The van der Waals surface area contributed by atoms with Crippen LogP contribution in [0.15, 0.2) is 198 Å². The molecule has 0 N–H and O–H groups in total. The summed E-state index contributed by atoms with van der Waals surface area (Å²) in [4.78, 5) is 10.5. The van der Waals surface area contributed by atoms with E-state index in [9.17, 15) is 0 Å². The molecule has 1 aliphatic rings. The van der Waals surface area contributed by atoms with Crippen molar-refractivity contribution in [3.63, 3.8) is 0 Å². The highest BCUT2D eigenvalue weighted by molar-refractivity contribution is 6.23. The number of hydrogen-bond acceptors (Lipinski definition) is 3. The van der Waals surface area contributed by atoms with Gasteiger partial charge in [-0.2, -0.15) is 0 Å². The molecule has 0 aliphatic heterocycles. The molecule has 0 spiro atoms. The van der Waals surface area contributed by atoms with Crippen molar-refractivity contribution in [3.05, 3.63) is 210 Å². The third-order valence-corrected chi connectivity index (χ3v) is 13.3. The van der Waals surface area contributed by atoms with Crippen molar-refractivity contribution in [2.24, 2.45) is 5.92 Å². The van der Waals surface area contributed by atoms with E-state index in [-0.39, 0.29) is 0 Å². The van der Waals surface area contributed by atoms with Gasteiger partial charge in [0.1, 0.15) is 11.2 Å². The van der Waals surface area contributed by atoms with Crippen molar-refractivity contribution in [3.8, 4) is 55.8 Å². The molecule has 0 radical (unpaired) electrons. The molecular weight excluding hydrogens is 789 g/mol. The number of nitrogens with zero attached hydrogens (tertiary/aromatic N) is 2. The van der Waals surface area contributed by atoms with Crippen LogP contribution < -0.4 is 0 Å². The maximum absolute atomic E-state index is 6.93. The summed E-state index contributed by atoms with van der Waals surface area (Å²) in [6.07, 6.45) is 7.67. The van der Waals surface area contributed by atoms with Crippen LogP contribution in [0.4, 0.5) is 0 Å². The van der Waals surface area contributed by atoms with Crippen LogP contribution in [0.2, 0.25) is 0 Å². The van der Waals surface area contributed by atoms with Gasteiger partial charge in [0.25, 0.3) is 0 Å². The first-order valence-corrected chi connectivity index (χ1v) is 22.7. The minimum absolute atomic E-state index is 0.507. The van der Waals surface area contributed by atoms with Gasteiger partial charge in [-0.1, -0.05) is 163 Å². The lowest BCUT2D eigenvalue weighted by atomic mass is 9.87. The topological polar surface area (TPSA) is 38.9 Å². The minimum Gasteiger partial charge on any atom is -0.455 e. The molecule has 3 heteroatoms. The predicted octanol–water partition coefficient (Wildman–Crippen LogP) is 17.2. The highest BCUT2D eigenvalue weighted by atomic mass is 16.3. The van der Waals surface area contributed by atoms with Gasteiger partial charge < -0.3 is 4.42 Å². The summed E-state index contributed by atoms with van der Waals surface area (Å²) in [5.74, 6) is 0.507. The smallest absolute Gasteiger partial charge is 0.143 e. The normalized spacial score (nSPS) is 14.1. The van der Waals surface area contributed by atoms with Gasteiger partial charge in [-0.05, 0) is 136 Å². The van der Waals surface area contributed by atoms with Gasteiger partial charge in [-0.25, -0.2) is 4.98 Å².